The Balaban J connectivity index is 1.75. The molecule has 0 bridgehead atoms. The molecule has 0 amide bonds. The van der Waals surface area contributed by atoms with Crippen LogP contribution >= 0.6 is 27.7 Å². The molecule has 1 aromatic carbocycles. The second kappa shape index (κ2) is 6.71. The highest BCUT2D eigenvalue weighted by molar-refractivity contribution is 9.10. The van der Waals surface area contributed by atoms with Gasteiger partial charge < -0.3 is 5.32 Å². The highest BCUT2D eigenvalue weighted by Gasteiger charge is 2.09. The van der Waals surface area contributed by atoms with Crippen LogP contribution in [0.5, 0.6) is 0 Å². The predicted molar refractivity (Wildman–Crippen MR) is 95.7 cm³/mol. The van der Waals surface area contributed by atoms with Crippen molar-refractivity contribution in [3.8, 4) is 0 Å². The minimum absolute atomic E-state index is 0.296. The van der Waals surface area contributed by atoms with E-state index in [0.717, 1.165) is 22.4 Å². The Kier molecular flexibility index (Phi) is 4.69. The van der Waals surface area contributed by atoms with Gasteiger partial charge in [-0.2, -0.15) is 5.10 Å². The first-order chi connectivity index (χ1) is 10.7. The van der Waals surface area contributed by atoms with E-state index in [9.17, 15) is 0 Å². The molecule has 2 aromatic heterocycles. The molecular formula is C16H17BrN4S. The lowest BCUT2D eigenvalue weighted by Gasteiger charge is -2.16. The second-order valence-corrected chi connectivity index (χ2v) is 6.84. The van der Waals surface area contributed by atoms with E-state index in [1.165, 1.54) is 10.5 Å². The quantitative estimate of drug-likeness (QED) is 0.675. The summed E-state index contributed by atoms with van der Waals surface area (Å²) in [4.78, 5) is 5.93. The molecule has 0 saturated heterocycles. The molecule has 4 nitrogen and oxygen atoms in total. The van der Waals surface area contributed by atoms with E-state index in [-0.39, 0.29) is 0 Å². The van der Waals surface area contributed by atoms with Gasteiger partial charge in [0, 0.05) is 17.1 Å². The fourth-order valence-corrected chi connectivity index (χ4v) is 3.42. The topological polar surface area (TPSA) is 42.2 Å². The third-order valence-electron chi connectivity index (χ3n) is 3.44. The van der Waals surface area contributed by atoms with Gasteiger partial charge in [0.1, 0.15) is 5.82 Å². The van der Waals surface area contributed by atoms with Crippen LogP contribution in [0.2, 0.25) is 0 Å². The molecule has 3 rings (SSSR count). The van der Waals surface area contributed by atoms with E-state index in [1.54, 1.807) is 22.5 Å². The SMILES string of the molecule is CSc1ccccc1CC(C)Nc1ccn2ncc(Br)c2n1. The van der Waals surface area contributed by atoms with Gasteiger partial charge in [0.25, 0.3) is 0 Å². The van der Waals surface area contributed by atoms with Crippen molar-refractivity contribution >= 4 is 39.2 Å². The molecule has 114 valence electrons. The van der Waals surface area contributed by atoms with Crippen LogP contribution in [-0.4, -0.2) is 26.9 Å². The van der Waals surface area contributed by atoms with Gasteiger partial charge in [0.2, 0.25) is 0 Å². The monoisotopic (exact) mass is 376 g/mol. The molecule has 6 heteroatoms. The lowest BCUT2D eigenvalue weighted by Crippen LogP contribution is -2.19. The van der Waals surface area contributed by atoms with Crippen molar-refractivity contribution in [2.75, 3.05) is 11.6 Å². The van der Waals surface area contributed by atoms with Crippen molar-refractivity contribution in [3.63, 3.8) is 0 Å². The molecule has 2 heterocycles. The highest BCUT2D eigenvalue weighted by atomic mass is 79.9. The highest BCUT2D eigenvalue weighted by Crippen LogP contribution is 2.22. The van der Waals surface area contributed by atoms with Crippen LogP contribution in [0.1, 0.15) is 12.5 Å². The minimum Gasteiger partial charge on any atom is -0.367 e. The van der Waals surface area contributed by atoms with Crippen LogP contribution in [0.4, 0.5) is 5.82 Å². The number of anilines is 1. The summed E-state index contributed by atoms with van der Waals surface area (Å²) in [5, 5.41) is 7.67. The number of benzene rings is 1. The van der Waals surface area contributed by atoms with Gasteiger partial charge in [-0.3, -0.25) is 0 Å². The van der Waals surface area contributed by atoms with E-state index in [4.69, 9.17) is 0 Å². The molecule has 0 radical (unpaired) electrons. The van der Waals surface area contributed by atoms with Crippen molar-refractivity contribution in [1.29, 1.82) is 0 Å². The van der Waals surface area contributed by atoms with E-state index in [0.29, 0.717) is 6.04 Å². The summed E-state index contributed by atoms with van der Waals surface area (Å²) in [5.74, 6) is 0.864. The maximum atomic E-state index is 4.60. The Labute approximate surface area is 142 Å². The van der Waals surface area contributed by atoms with Gasteiger partial charge in [-0.1, -0.05) is 18.2 Å². The van der Waals surface area contributed by atoms with Crippen molar-refractivity contribution < 1.29 is 0 Å². The fraction of sp³-hybridized carbons (Fsp3) is 0.250. The van der Waals surface area contributed by atoms with Crippen molar-refractivity contribution in [3.05, 3.63) is 52.8 Å². The number of nitrogens with zero attached hydrogens (tertiary/aromatic N) is 3. The summed E-state index contributed by atoms with van der Waals surface area (Å²) in [5.41, 5.74) is 2.18. The van der Waals surface area contributed by atoms with Crippen molar-refractivity contribution in [2.45, 2.75) is 24.3 Å². The first-order valence-corrected chi connectivity index (χ1v) is 9.07. The lowest BCUT2D eigenvalue weighted by atomic mass is 10.1. The summed E-state index contributed by atoms with van der Waals surface area (Å²) in [7, 11) is 0. The number of hydrogen-bond donors (Lipinski definition) is 1. The lowest BCUT2D eigenvalue weighted by molar-refractivity contribution is 0.773. The largest absolute Gasteiger partial charge is 0.367 e. The standard InChI is InChI=1S/C16H17BrN4S/c1-11(9-12-5-3-4-6-14(12)22-2)19-15-7-8-21-16(20-15)13(17)10-18-21/h3-8,10-11H,9H2,1-2H3,(H,19,20). The number of halogens is 1. The van der Waals surface area contributed by atoms with Gasteiger partial charge in [-0.15, -0.1) is 11.8 Å². The fourth-order valence-electron chi connectivity index (χ4n) is 2.43. The van der Waals surface area contributed by atoms with Gasteiger partial charge >= 0.3 is 0 Å². The zero-order valence-corrected chi connectivity index (χ0v) is 14.9. The van der Waals surface area contributed by atoms with Gasteiger partial charge in [0.05, 0.1) is 10.7 Å². The van der Waals surface area contributed by atoms with E-state index < -0.39 is 0 Å². The number of aromatic nitrogens is 3. The third kappa shape index (κ3) is 3.28. The predicted octanol–water partition coefficient (Wildman–Crippen LogP) is 4.26. The Morgan fingerprint density at radius 1 is 1.32 bits per heavy atom. The average molecular weight is 377 g/mol. The van der Waals surface area contributed by atoms with Crippen molar-refractivity contribution in [2.24, 2.45) is 0 Å². The molecule has 1 unspecified atom stereocenters. The third-order valence-corrected chi connectivity index (χ3v) is 4.84. The molecule has 0 aliphatic heterocycles. The van der Waals surface area contributed by atoms with E-state index in [1.807, 2.05) is 12.3 Å². The maximum absolute atomic E-state index is 4.60. The minimum atomic E-state index is 0.296. The Morgan fingerprint density at radius 2 is 2.14 bits per heavy atom. The molecule has 3 aromatic rings. The van der Waals surface area contributed by atoms with Gasteiger partial charge in [-0.05, 0) is 53.2 Å². The number of rotatable bonds is 5. The van der Waals surface area contributed by atoms with Crippen LogP contribution in [-0.2, 0) is 6.42 Å². The number of nitrogens with one attached hydrogen (secondary N) is 1. The molecule has 0 saturated carbocycles. The summed E-state index contributed by atoms with van der Waals surface area (Å²) in [6.45, 7) is 2.18. The number of thioether (sulfide) groups is 1. The van der Waals surface area contributed by atoms with Gasteiger partial charge in [0.15, 0.2) is 5.65 Å². The Hall–Kier alpha value is -1.53. The number of hydrogen-bond acceptors (Lipinski definition) is 4. The first-order valence-electron chi connectivity index (χ1n) is 7.05. The molecule has 0 fully saturated rings. The van der Waals surface area contributed by atoms with Crippen LogP contribution in [0.25, 0.3) is 5.65 Å². The Morgan fingerprint density at radius 3 is 2.95 bits per heavy atom. The molecule has 0 aliphatic rings. The zero-order valence-electron chi connectivity index (χ0n) is 12.5. The molecule has 0 spiro atoms. The van der Waals surface area contributed by atoms with Crippen LogP contribution < -0.4 is 5.32 Å². The number of fused-ring (bicyclic) bond motifs is 1. The smallest absolute Gasteiger partial charge is 0.171 e. The molecule has 1 atom stereocenters. The first kappa shape index (κ1) is 15.4. The van der Waals surface area contributed by atoms with Gasteiger partial charge in [-0.25, -0.2) is 9.50 Å². The summed E-state index contributed by atoms with van der Waals surface area (Å²) >= 11 is 5.25. The van der Waals surface area contributed by atoms with Crippen LogP contribution in [0.3, 0.4) is 0 Å². The second-order valence-electron chi connectivity index (χ2n) is 5.13. The zero-order chi connectivity index (χ0) is 15.5. The van der Waals surface area contributed by atoms with Crippen LogP contribution in [0.15, 0.2) is 52.1 Å². The molecular weight excluding hydrogens is 360 g/mol. The summed E-state index contributed by atoms with van der Waals surface area (Å²) < 4.78 is 2.65. The van der Waals surface area contributed by atoms with Crippen LogP contribution in [0, 0.1) is 0 Å². The Bertz CT molecular complexity index is 787. The average Bonchev–Trinajstić information content (AvgIpc) is 2.89. The van der Waals surface area contributed by atoms with E-state index >= 15 is 0 Å². The summed E-state index contributed by atoms with van der Waals surface area (Å²) in [6, 6.07) is 10.8. The molecule has 1 N–H and O–H groups in total. The maximum Gasteiger partial charge on any atom is 0.171 e. The normalized spacial score (nSPS) is 12.5. The van der Waals surface area contributed by atoms with Crippen molar-refractivity contribution in [1.82, 2.24) is 14.6 Å². The molecule has 0 aliphatic carbocycles. The molecule has 22 heavy (non-hydrogen) atoms. The van der Waals surface area contributed by atoms with E-state index in [2.05, 4.69) is 68.8 Å². The summed E-state index contributed by atoms with van der Waals surface area (Å²) in [6.07, 6.45) is 6.75.